The first-order valence-corrected chi connectivity index (χ1v) is 15.7. The molecule has 0 radical (unpaired) electrons. The number of carbonyl (C=O) groups excluding carboxylic acids is 3. The second-order valence-corrected chi connectivity index (χ2v) is 11.9. The number of thioether (sulfide) groups is 1. The van der Waals surface area contributed by atoms with Gasteiger partial charge < -0.3 is 29.7 Å². The van der Waals surface area contributed by atoms with Gasteiger partial charge >= 0.3 is 11.9 Å². The third kappa shape index (κ3) is 6.70. The van der Waals surface area contributed by atoms with Crippen molar-refractivity contribution in [2.24, 2.45) is 0 Å². The largest absolute Gasteiger partial charge is 0.396 e. The molecule has 10 heteroatoms. The molecule has 0 aliphatic carbocycles. The molecule has 0 bridgehead atoms. The summed E-state index contributed by atoms with van der Waals surface area (Å²) in [5.74, 6) is -0.942. The zero-order valence-electron chi connectivity index (χ0n) is 24.1. The molecule has 2 heterocycles. The number of anilines is 1. The quantitative estimate of drug-likeness (QED) is 0.120. The molecule has 4 atom stereocenters. The van der Waals surface area contributed by atoms with Crippen LogP contribution < -0.4 is 5.32 Å². The molecule has 2 aliphatic rings. The molecule has 1 fully saturated rings. The van der Waals surface area contributed by atoms with Crippen LogP contribution in [0.1, 0.15) is 71.6 Å². The van der Waals surface area contributed by atoms with E-state index in [1.54, 1.807) is 30.0 Å². The van der Waals surface area contributed by atoms with Gasteiger partial charge in [-0.1, -0.05) is 66.7 Å². The van der Waals surface area contributed by atoms with Crippen LogP contribution in [0, 0.1) is 0 Å². The van der Waals surface area contributed by atoms with E-state index in [0.29, 0.717) is 22.8 Å². The first kappa shape index (κ1) is 30.7. The van der Waals surface area contributed by atoms with Crippen molar-refractivity contribution in [2.45, 2.75) is 31.0 Å². The third-order valence-electron chi connectivity index (χ3n) is 7.81. The van der Waals surface area contributed by atoms with Gasteiger partial charge in [-0.05, 0) is 47.0 Å². The standard InChI is InChI=1S/C35H31NO8S/c37-15-16-45-20-29-30(22-5-2-1-3-6-22)31(23-11-9-21(19-38)10-12-23)43-35(42-29)25-7-4-8-26(17-25)36-32(39)24-13-14-27-28(18-24)34(41)44-33(27)40/h1-14,17-18,29-31,35,37-38H,15-16,19-20H2,(H,36,39). The summed E-state index contributed by atoms with van der Waals surface area (Å²) >= 11 is 1.60. The topological polar surface area (TPSA) is 131 Å². The summed E-state index contributed by atoms with van der Waals surface area (Å²) in [7, 11) is 0. The fourth-order valence-corrected chi connectivity index (χ4v) is 6.42. The van der Waals surface area contributed by atoms with Crippen molar-refractivity contribution in [3.8, 4) is 0 Å². The highest BCUT2D eigenvalue weighted by molar-refractivity contribution is 7.99. The summed E-state index contributed by atoms with van der Waals surface area (Å²) in [6.45, 7) is -0.00488. The lowest BCUT2D eigenvalue weighted by Gasteiger charge is -2.43. The van der Waals surface area contributed by atoms with Crippen molar-refractivity contribution in [1.29, 1.82) is 0 Å². The van der Waals surface area contributed by atoms with Crippen LogP contribution >= 0.6 is 11.8 Å². The Bertz CT molecular complexity index is 1690. The normalized spacial score (nSPS) is 20.8. The van der Waals surface area contributed by atoms with Crippen LogP contribution in [0.15, 0.2) is 97.1 Å². The number of hydrogen-bond donors (Lipinski definition) is 3. The minimum Gasteiger partial charge on any atom is -0.396 e. The molecule has 45 heavy (non-hydrogen) atoms. The van der Waals surface area contributed by atoms with E-state index in [9.17, 15) is 24.6 Å². The van der Waals surface area contributed by atoms with Gasteiger partial charge in [-0.3, -0.25) is 4.79 Å². The summed E-state index contributed by atoms with van der Waals surface area (Å²) < 4.78 is 18.0. The van der Waals surface area contributed by atoms with Gasteiger partial charge in [0.05, 0.1) is 36.5 Å². The maximum atomic E-state index is 13.1. The number of nitrogens with one attached hydrogen (secondary N) is 1. The molecule has 230 valence electrons. The molecular weight excluding hydrogens is 594 g/mol. The first-order valence-electron chi connectivity index (χ1n) is 14.5. The molecule has 6 rings (SSSR count). The van der Waals surface area contributed by atoms with Gasteiger partial charge in [-0.15, -0.1) is 0 Å². The van der Waals surface area contributed by atoms with Gasteiger partial charge in [0, 0.05) is 34.2 Å². The highest BCUT2D eigenvalue weighted by Gasteiger charge is 2.42. The van der Waals surface area contributed by atoms with Gasteiger partial charge in [0.25, 0.3) is 5.91 Å². The highest BCUT2D eigenvalue weighted by atomic mass is 32.2. The van der Waals surface area contributed by atoms with E-state index in [0.717, 1.165) is 16.7 Å². The van der Waals surface area contributed by atoms with Crippen LogP contribution in [0.4, 0.5) is 5.69 Å². The smallest absolute Gasteiger partial charge is 0.346 e. The number of ether oxygens (including phenoxy) is 3. The number of rotatable bonds is 10. The van der Waals surface area contributed by atoms with E-state index in [4.69, 9.17) is 9.47 Å². The number of carbonyl (C=O) groups is 3. The Morgan fingerprint density at radius 1 is 0.778 bits per heavy atom. The number of aliphatic hydroxyl groups is 2. The highest BCUT2D eigenvalue weighted by Crippen LogP contribution is 2.47. The molecule has 0 spiro atoms. The Labute approximate surface area is 264 Å². The van der Waals surface area contributed by atoms with E-state index >= 15 is 0 Å². The van der Waals surface area contributed by atoms with E-state index in [1.807, 2.05) is 48.5 Å². The van der Waals surface area contributed by atoms with Crippen LogP contribution in [0.25, 0.3) is 0 Å². The molecule has 4 unspecified atom stereocenters. The number of hydrogen-bond acceptors (Lipinski definition) is 9. The predicted molar refractivity (Wildman–Crippen MR) is 168 cm³/mol. The maximum absolute atomic E-state index is 13.1. The molecule has 0 saturated carbocycles. The lowest BCUT2D eigenvalue weighted by Crippen LogP contribution is -2.38. The number of aliphatic hydroxyl groups excluding tert-OH is 2. The molecule has 1 saturated heterocycles. The second-order valence-electron chi connectivity index (χ2n) is 10.7. The minimum atomic E-state index is -0.778. The monoisotopic (exact) mass is 625 g/mol. The number of cyclic esters (lactones) is 2. The Morgan fingerprint density at radius 3 is 2.29 bits per heavy atom. The van der Waals surface area contributed by atoms with Crippen molar-refractivity contribution in [2.75, 3.05) is 23.4 Å². The average Bonchev–Trinajstić information content (AvgIpc) is 3.37. The Balaban J connectivity index is 1.29. The Hall–Kier alpha value is -4.32. The number of amides is 1. The van der Waals surface area contributed by atoms with Crippen molar-refractivity contribution < 1.29 is 38.8 Å². The fraction of sp³-hybridized carbons (Fsp3) is 0.229. The van der Waals surface area contributed by atoms with Crippen LogP contribution in [0.3, 0.4) is 0 Å². The third-order valence-corrected chi connectivity index (χ3v) is 8.85. The SMILES string of the molecule is O=C(Nc1cccc(C2OC(CSCCO)C(c3ccccc3)C(c3ccc(CO)cc3)O2)c1)c1ccc2c(c1)C(=O)OC2=O. The lowest BCUT2D eigenvalue weighted by atomic mass is 9.84. The molecule has 4 aromatic carbocycles. The van der Waals surface area contributed by atoms with Crippen LogP contribution in [-0.4, -0.2) is 52.3 Å². The van der Waals surface area contributed by atoms with E-state index in [1.165, 1.54) is 18.2 Å². The number of esters is 2. The molecule has 9 nitrogen and oxygen atoms in total. The average molecular weight is 626 g/mol. The minimum absolute atomic E-state index is 0.0570. The lowest BCUT2D eigenvalue weighted by molar-refractivity contribution is -0.255. The summed E-state index contributed by atoms with van der Waals surface area (Å²) in [4.78, 5) is 36.9. The van der Waals surface area contributed by atoms with Crippen molar-refractivity contribution >= 4 is 35.3 Å². The molecule has 4 aromatic rings. The Morgan fingerprint density at radius 2 is 1.53 bits per heavy atom. The van der Waals surface area contributed by atoms with E-state index < -0.39 is 30.2 Å². The number of fused-ring (bicyclic) bond motifs is 1. The summed E-state index contributed by atoms with van der Waals surface area (Å²) in [5.41, 5.74) is 4.36. The van der Waals surface area contributed by atoms with Crippen LogP contribution in [0.5, 0.6) is 0 Å². The molecule has 2 aliphatic heterocycles. The van der Waals surface area contributed by atoms with E-state index in [2.05, 4.69) is 22.2 Å². The summed E-state index contributed by atoms with van der Waals surface area (Å²) in [6, 6.07) is 29.1. The number of benzene rings is 4. The van der Waals surface area contributed by atoms with E-state index in [-0.39, 0.29) is 41.9 Å². The fourth-order valence-electron chi connectivity index (χ4n) is 5.61. The Kier molecular flexibility index (Phi) is 9.39. The molecule has 3 N–H and O–H groups in total. The summed E-state index contributed by atoms with van der Waals surface area (Å²) in [6.07, 6.45) is -1.45. The molecule has 0 aromatic heterocycles. The second kappa shape index (κ2) is 13.8. The summed E-state index contributed by atoms with van der Waals surface area (Å²) in [5, 5.41) is 21.9. The van der Waals surface area contributed by atoms with Gasteiger partial charge in [-0.25, -0.2) is 9.59 Å². The van der Waals surface area contributed by atoms with Crippen molar-refractivity contribution in [1.82, 2.24) is 0 Å². The van der Waals surface area contributed by atoms with Gasteiger partial charge in [0.2, 0.25) is 0 Å². The van der Waals surface area contributed by atoms with Crippen molar-refractivity contribution in [3.05, 3.63) is 136 Å². The van der Waals surface area contributed by atoms with Gasteiger partial charge in [-0.2, -0.15) is 11.8 Å². The van der Waals surface area contributed by atoms with Crippen LogP contribution in [0.2, 0.25) is 0 Å². The first-order chi connectivity index (χ1) is 21.9. The zero-order chi connectivity index (χ0) is 31.3. The van der Waals surface area contributed by atoms with Gasteiger partial charge in [0.15, 0.2) is 6.29 Å². The predicted octanol–water partition coefficient (Wildman–Crippen LogP) is 5.41. The molecule has 1 amide bonds. The van der Waals surface area contributed by atoms with Crippen molar-refractivity contribution in [3.63, 3.8) is 0 Å². The zero-order valence-corrected chi connectivity index (χ0v) is 24.9. The van der Waals surface area contributed by atoms with Crippen LogP contribution in [-0.2, 0) is 20.8 Å². The molecular formula is C35H31NO8S. The van der Waals surface area contributed by atoms with Gasteiger partial charge in [0.1, 0.15) is 0 Å². The maximum Gasteiger partial charge on any atom is 0.346 e.